The molecule has 9 aromatic carbocycles. The Hall–Kier alpha value is -7.68. The van der Waals surface area contributed by atoms with Gasteiger partial charge in [0.15, 0.2) is 0 Å². The van der Waals surface area contributed by atoms with Crippen LogP contribution in [0.3, 0.4) is 0 Å². The van der Waals surface area contributed by atoms with E-state index in [0.717, 1.165) is 33.9 Å². The van der Waals surface area contributed by atoms with Gasteiger partial charge in [0.05, 0.1) is 11.1 Å². The summed E-state index contributed by atoms with van der Waals surface area (Å²) in [6, 6.07) is 69.3. The van der Waals surface area contributed by atoms with Gasteiger partial charge in [-0.2, -0.15) is 0 Å². The van der Waals surface area contributed by atoms with Crippen LogP contribution in [0.4, 0.5) is 17.1 Å². The molecule has 63 heavy (non-hydrogen) atoms. The molecular weight excluding hydrogens is 763 g/mol. The van der Waals surface area contributed by atoms with Crippen LogP contribution in [0.5, 0.6) is 11.5 Å². The zero-order valence-corrected chi connectivity index (χ0v) is 35.7. The minimum absolute atomic E-state index is 0.125. The lowest BCUT2D eigenvalue weighted by atomic mass is 9.65. The number of hydrogen-bond donors (Lipinski definition) is 0. The van der Waals surface area contributed by atoms with Gasteiger partial charge in [0.1, 0.15) is 11.5 Å². The van der Waals surface area contributed by atoms with Crippen molar-refractivity contribution in [3.63, 3.8) is 0 Å². The Morgan fingerprint density at radius 1 is 0.508 bits per heavy atom. The number of benzene rings is 9. The fourth-order valence-electron chi connectivity index (χ4n) is 11.2. The summed E-state index contributed by atoms with van der Waals surface area (Å²) in [5.41, 5.74) is 17.8. The van der Waals surface area contributed by atoms with E-state index in [1.165, 1.54) is 82.9 Å². The Labute approximate surface area is 369 Å². The van der Waals surface area contributed by atoms with Crippen molar-refractivity contribution in [2.24, 2.45) is 0 Å². The predicted molar refractivity (Wildman–Crippen MR) is 264 cm³/mol. The van der Waals surface area contributed by atoms with E-state index < -0.39 is 5.41 Å². The van der Waals surface area contributed by atoms with Gasteiger partial charge in [0.2, 0.25) is 0 Å². The van der Waals surface area contributed by atoms with Gasteiger partial charge in [-0.3, -0.25) is 0 Å². The maximum Gasteiger partial charge on any atom is 0.140 e. The molecule has 3 aliphatic rings. The number of allylic oxidation sites excluding steroid dienone is 5. The van der Waals surface area contributed by atoms with Crippen LogP contribution in [0.15, 0.2) is 218 Å². The number of rotatable bonds is 6. The van der Waals surface area contributed by atoms with Gasteiger partial charge in [-0.1, -0.05) is 196 Å². The second kappa shape index (κ2) is 13.9. The smallest absolute Gasteiger partial charge is 0.140 e. The van der Waals surface area contributed by atoms with E-state index in [2.05, 4.69) is 226 Å². The maximum atomic E-state index is 6.94. The van der Waals surface area contributed by atoms with E-state index in [1.54, 1.807) is 0 Å². The van der Waals surface area contributed by atoms with Crippen molar-refractivity contribution in [1.29, 1.82) is 0 Å². The molecule has 9 aromatic rings. The molecule has 12 rings (SSSR count). The highest BCUT2D eigenvalue weighted by molar-refractivity contribution is 6.10. The van der Waals surface area contributed by atoms with E-state index in [0.29, 0.717) is 0 Å². The van der Waals surface area contributed by atoms with Crippen LogP contribution in [0.2, 0.25) is 0 Å². The average molecular weight is 808 g/mol. The van der Waals surface area contributed by atoms with Crippen molar-refractivity contribution in [1.82, 2.24) is 0 Å². The second-order valence-electron chi connectivity index (χ2n) is 17.6. The number of ether oxygens (including phenoxy) is 1. The Bertz CT molecular complexity index is 3440. The summed E-state index contributed by atoms with van der Waals surface area (Å²) in [5, 5.41) is 4.69. The lowest BCUT2D eigenvalue weighted by molar-refractivity contribution is 0.441. The van der Waals surface area contributed by atoms with Crippen LogP contribution in [0.1, 0.15) is 54.2 Å². The molecule has 1 aliphatic heterocycles. The van der Waals surface area contributed by atoms with Gasteiger partial charge >= 0.3 is 0 Å². The zero-order valence-electron chi connectivity index (χ0n) is 35.7. The first-order valence-corrected chi connectivity index (χ1v) is 22.0. The summed E-state index contributed by atoms with van der Waals surface area (Å²) in [5.74, 6) is 1.83. The summed E-state index contributed by atoms with van der Waals surface area (Å²) < 4.78 is 6.94. The number of para-hydroxylation sites is 2. The maximum absolute atomic E-state index is 6.94. The first-order valence-electron chi connectivity index (χ1n) is 22.0. The Morgan fingerprint density at radius 2 is 1.19 bits per heavy atom. The first kappa shape index (κ1) is 37.1. The highest BCUT2D eigenvalue weighted by Crippen LogP contribution is 2.64. The quantitative estimate of drug-likeness (QED) is 0.155. The van der Waals surface area contributed by atoms with Crippen LogP contribution in [-0.4, -0.2) is 0 Å². The van der Waals surface area contributed by atoms with Crippen molar-refractivity contribution < 1.29 is 4.74 Å². The molecule has 0 bridgehead atoms. The van der Waals surface area contributed by atoms with E-state index in [4.69, 9.17) is 4.74 Å². The largest absolute Gasteiger partial charge is 0.456 e. The molecular formula is C61H45NO. The monoisotopic (exact) mass is 807 g/mol. The van der Waals surface area contributed by atoms with Gasteiger partial charge in [-0.15, -0.1) is 0 Å². The molecule has 0 amide bonds. The summed E-state index contributed by atoms with van der Waals surface area (Å²) >= 11 is 0. The van der Waals surface area contributed by atoms with Gasteiger partial charge in [-0.05, 0) is 104 Å². The molecule has 1 atom stereocenters. The summed E-state index contributed by atoms with van der Waals surface area (Å²) in [4.78, 5) is 2.44. The van der Waals surface area contributed by atoms with Crippen LogP contribution < -0.4 is 9.64 Å². The Balaban J connectivity index is 1.09. The second-order valence-corrected chi connectivity index (χ2v) is 17.6. The average Bonchev–Trinajstić information content (AvgIpc) is 3.72. The fourth-order valence-corrected chi connectivity index (χ4v) is 11.2. The van der Waals surface area contributed by atoms with Crippen molar-refractivity contribution >= 4 is 44.2 Å². The van der Waals surface area contributed by atoms with Crippen LogP contribution >= 0.6 is 0 Å². The Kier molecular flexibility index (Phi) is 8.20. The van der Waals surface area contributed by atoms with Crippen molar-refractivity contribution in [2.45, 2.75) is 31.6 Å². The standard InChI is InChI=1S/C61H45NO/c1-5-6-22-43-39(2)60(3,4)55-38-42(33-34-47(43)55)62(41-20-8-7-9-21-41)56-37-35-46(45-24-12-13-25-48(45)56)49-27-18-30-53-58(49)50-26-14-15-28-51(50)61(53)52-29-16-17-31-57(52)63-59-44-23-11-10-19-40(44)32-36-54(59)61/h5-38H,1H2,2-4H3/b22-6-. The molecule has 1 spiro atoms. The number of nitrogens with zero attached hydrogens (tertiary/aromatic N) is 1. The molecule has 0 saturated carbocycles. The minimum atomic E-state index is -0.577. The molecule has 2 aliphatic carbocycles. The molecule has 1 heterocycles. The topological polar surface area (TPSA) is 12.5 Å². The molecule has 0 fully saturated rings. The predicted octanol–water partition coefficient (Wildman–Crippen LogP) is 16.4. The molecule has 2 nitrogen and oxygen atoms in total. The SMILES string of the molecule is C=C/C=C\C1=C(C)C(C)(C)c2cc(N(c3ccccc3)c3ccc(-c4cccc5c4-c4ccccc4C54c5ccccc5Oc5c4ccc4ccccc54)c4ccccc34)ccc21. The van der Waals surface area contributed by atoms with Gasteiger partial charge < -0.3 is 9.64 Å². The number of fused-ring (bicyclic) bond motifs is 13. The summed E-state index contributed by atoms with van der Waals surface area (Å²) in [6.07, 6.45) is 6.11. The third-order valence-electron chi connectivity index (χ3n) is 14.3. The van der Waals surface area contributed by atoms with Gasteiger partial charge in [0.25, 0.3) is 0 Å². The van der Waals surface area contributed by atoms with Gasteiger partial charge in [-0.25, -0.2) is 0 Å². The molecule has 300 valence electrons. The van der Waals surface area contributed by atoms with E-state index in [-0.39, 0.29) is 5.41 Å². The molecule has 2 heteroatoms. The van der Waals surface area contributed by atoms with E-state index >= 15 is 0 Å². The third kappa shape index (κ3) is 5.19. The first-order chi connectivity index (χ1) is 30.9. The molecule has 0 aromatic heterocycles. The van der Waals surface area contributed by atoms with E-state index in [9.17, 15) is 0 Å². The molecule has 1 unspecified atom stereocenters. The van der Waals surface area contributed by atoms with Crippen LogP contribution in [-0.2, 0) is 10.8 Å². The Morgan fingerprint density at radius 3 is 2.03 bits per heavy atom. The highest BCUT2D eigenvalue weighted by Gasteiger charge is 2.52. The summed E-state index contributed by atoms with van der Waals surface area (Å²) in [7, 11) is 0. The number of hydrogen-bond acceptors (Lipinski definition) is 2. The number of anilines is 3. The third-order valence-corrected chi connectivity index (χ3v) is 14.3. The van der Waals surface area contributed by atoms with Crippen molar-refractivity contribution in [3.05, 3.63) is 252 Å². The highest BCUT2D eigenvalue weighted by atomic mass is 16.5. The van der Waals surface area contributed by atoms with Crippen LogP contribution in [0, 0.1) is 0 Å². The van der Waals surface area contributed by atoms with Crippen LogP contribution in [0.25, 0.3) is 49.4 Å². The van der Waals surface area contributed by atoms with E-state index in [1.807, 2.05) is 12.2 Å². The normalized spacial score (nSPS) is 16.4. The van der Waals surface area contributed by atoms with Gasteiger partial charge in [0, 0.05) is 38.7 Å². The summed E-state index contributed by atoms with van der Waals surface area (Å²) in [6.45, 7) is 10.9. The lowest BCUT2D eigenvalue weighted by Crippen LogP contribution is -2.32. The molecule has 0 radical (unpaired) electrons. The zero-order chi connectivity index (χ0) is 42.5. The lowest BCUT2D eigenvalue weighted by Gasteiger charge is -2.39. The van der Waals surface area contributed by atoms with Crippen molar-refractivity contribution in [2.75, 3.05) is 4.90 Å². The van der Waals surface area contributed by atoms with Crippen molar-refractivity contribution in [3.8, 4) is 33.8 Å². The minimum Gasteiger partial charge on any atom is -0.456 e. The fraction of sp³-hybridized carbons (Fsp3) is 0.0820. The molecule has 0 saturated heterocycles. The molecule has 0 N–H and O–H groups in total.